The number of carbonyl (C=O) groups excluding carboxylic acids is 1. The minimum atomic E-state index is -0.470. The molecule has 0 fully saturated rings. The predicted molar refractivity (Wildman–Crippen MR) is 79.8 cm³/mol. The number of ether oxygens (including phenoxy) is 1. The third-order valence-corrected chi connectivity index (χ3v) is 3.18. The number of carbonyl (C=O) groups is 1. The van der Waals surface area contributed by atoms with E-state index in [4.69, 9.17) is 15.0 Å². The van der Waals surface area contributed by atoms with E-state index in [-0.39, 0.29) is 17.8 Å². The summed E-state index contributed by atoms with van der Waals surface area (Å²) in [6.45, 7) is 6.68. The Morgan fingerprint density at radius 2 is 2.10 bits per heavy atom. The van der Waals surface area contributed by atoms with Gasteiger partial charge in [-0.25, -0.2) is 5.84 Å². The van der Waals surface area contributed by atoms with Gasteiger partial charge in [-0.3, -0.25) is 10.2 Å². The van der Waals surface area contributed by atoms with Gasteiger partial charge in [0.2, 0.25) is 0 Å². The lowest BCUT2D eigenvalue weighted by Gasteiger charge is -2.19. The van der Waals surface area contributed by atoms with Crippen molar-refractivity contribution >= 4 is 5.91 Å². The number of furan rings is 1. The van der Waals surface area contributed by atoms with Gasteiger partial charge in [-0.05, 0) is 29.2 Å². The van der Waals surface area contributed by atoms with Crippen LogP contribution in [0.25, 0.3) is 0 Å². The molecule has 5 nitrogen and oxygen atoms in total. The lowest BCUT2D eigenvalue weighted by atomic mass is 9.87. The fraction of sp³-hybridized carbons (Fsp3) is 0.312. The number of rotatable bonds is 4. The molecular weight excluding hydrogens is 268 g/mol. The number of hydrogen-bond donors (Lipinski definition) is 2. The Labute approximate surface area is 124 Å². The van der Waals surface area contributed by atoms with Crippen molar-refractivity contribution in [1.82, 2.24) is 5.43 Å². The van der Waals surface area contributed by atoms with Crippen molar-refractivity contribution in [3.63, 3.8) is 0 Å². The molecule has 2 rings (SSSR count). The van der Waals surface area contributed by atoms with Crippen LogP contribution in [0.3, 0.4) is 0 Å². The number of hydrazine groups is 1. The second-order valence-electron chi connectivity index (χ2n) is 5.81. The Morgan fingerprint density at radius 1 is 1.33 bits per heavy atom. The van der Waals surface area contributed by atoms with Gasteiger partial charge in [-0.2, -0.15) is 0 Å². The number of nitrogen functional groups attached to an aromatic ring is 1. The molecule has 0 unspecified atom stereocenters. The standard InChI is InChI=1S/C16H20N2O3/c1-16(2,3)12-5-4-6-13(9-12)21-10-11-7-8-20-14(11)15(19)18-17/h4-9H,10,17H2,1-3H3,(H,18,19). The molecule has 1 aromatic carbocycles. The number of nitrogens with one attached hydrogen (secondary N) is 1. The fourth-order valence-electron chi connectivity index (χ4n) is 1.93. The average molecular weight is 288 g/mol. The lowest BCUT2D eigenvalue weighted by Crippen LogP contribution is -2.30. The molecule has 21 heavy (non-hydrogen) atoms. The minimum Gasteiger partial charge on any atom is -0.489 e. The molecule has 0 aliphatic heterocycles. The van der Waals surface area contributed by atoms with Gasteiger partial charge < -0.3 is 9.15 Å². The van der Waals surface area contributed by atoms with Gasteiger partial charge in [-0.15, -0.1) is 0 Å². The molecule has 0 aliphatic rings. The van der Waals surface area contributed by atoms with Crippen LogP contribution in [0.1, 0.15) is 42.5 Å². The second kappa shape index (κ2) is 6.01. The Hall–Kier alpha value is -2.27. The summed E-state index contributed by atoms with van der Waals surface area (Å²) in [7, 11) is 0. The monoisotopic (exact) mass is 288 g/mol. The first-order chi connectivity index (χ1) is 9.91. The van der Waals surface area contributed by atoms with Gasteiger partial charge in [-0.1, -0.05) is 32.9 Å². The quantitative estimate of drug-likeness (QED) is 0.515. The van der Waals surface area contributed by atoms with Crippen molar-refractivity contribution in [2.75, 3.05) is 0 Å². The van der Waals surface area contributed by atoms with E-state index in [0.717, 1.165) is 5.75 Å². The summed E-state index contributed by atoms with van der Waals surface area (Å²) in [5.74, 6) is 5.56. The van der Waals surface area contributed by atoms with Crippen LogP contribution in [0.5, 0.6) is 5.75 Å². The van der Waals surface area contributed by atoms with Crippen LogP contribution in [0, 0.1) is 0 Å². The Kier molecular flexibility index (Phi) is 4.33. The number of nitrogens with two attached hydrogens (primary N) is 1. The zero-order chi connectivity index (χ0) is 15.5. The highest BCUT2D eigenvalue weighted by Crippen LogP contribution is 2.26. The smallest absolute Gasteiger partial charge is 0.301 e. The third kappa shape index (κ3) is 3.64. The van der Waals surface area contributed by atoms with Crippen molar-refractivity contribution in [2.45, 2.75) is 32.8 Å². The van der Waals surface area contributed by atoms with Gasteiger partial charge in [0.25, 0.3) is 0 Å². The molecule has 0 saturated heterocycles. The number of amides is 1. The van der Waals surface area contributed by atoms with E-state index in [0.29, 0.717) is 5.56 Å². The zero-order valence-corrected chi connectivity index (χ0v) is 12.5. The summed E-state index contributed by atoms with van der Waals surface area (Å²) in [6.07, 6.45) is 1.44. The van der Waals surface area contributed by atoms with E-state index < -0.39 is 5.91 Å². The first kappa shape index (κ1) is 15.1. The first-order valence-electron chi connectivity index (χ1n) is 6.72. The highest BCUT2D eigenvalue weighted by atomic mass is 16.5. The van der Waals surface area contributed by atoms with Crippen molar-refractivity contribution in [3.8, 4) is 5.75 Å². The molecule has 3 N–H and O–H groups in total. The van der Waals surface area contributed by atoms with E-state index >= 15 is 0 Å². The minimum absolute atomic E-state index is 0.0552. The molecule has 112 valence electrons. The maximum absolute atomic E-state index is 11.5. The first-order valence-corrected chi connectivity index (χ1v) is 6.72. The molecular formula is C16H20N2O3. The van der Waals surface area contributed by atoms with E-state index in [1.165, 1.54) is 11.8 Å². The molecule has 1 aromatic heterocycles. The van der Waals surface area contributed by atoms with Crippen molar-refractivity contribution in [2.24, 2.45) is 5.84 Å². The van der Waals surface area contributed by atoms with Crippen LogP contribution < -0.4 is 16.0 Å². The molecule has 0 atom stereocenters. The summed E-state index contributed by atoms with van der Waals surface area (Å²) in [6, 6.07) is 9.61. The Bertz CT molecular complexity index is 626. The van der Waals surface area contributed by atoms with Gasteiger partial charge >= 0.3 is 5.91 Å². The lowest BCUT2D eigenvalue weighted by molar-refractivity contribution is 0.0922. The SMILES string of the molecule is CC(C)(C)c1cccc(OCc2ccoc2C(=O)NN)c1. The van der Waals surface area contributed by atoms with Crippen molar-refractivity contribution < 1.29 is 13.9 Å². The molecule has 0 aliphatic carbocycles. The zero-order valence-electron chi connectivity index (χ0n) is 12.5. The summed E-state index contributed by atoms with van der Waals surface area (Å²) in [5.41, 5.74) is 3.94. The van der Waals surface area contributed by atoms with E-state index in [1.807, 2.05) is 23.6 Å². The normalized spacial score (nSPS) is 11.2. The highest BCUT2D eigenvalue weighted by Gasteiger charge is 2.16. The van der Waals surface area contributed by atoms with Crippen LogP contribution in [0.15, 0.2) is 41.0 Å². The highest BCUT2D eigenvalue weighted by molar-refractivity contribution is 5.92. The second-order valence-corrected chi connectivity index (χ2v) is 5.81. The number of hydrogen-bond acceptors (Lipinski definition) is 4. The topological polar surface area (TPSA) is 77.5 Å². The molecule has 0 bridgehead atoms. The maximum Gasteiger partial charge on any atom is 0.301 e. The van der Waals surface area contributed by atoms with Gasteiger partial charge in [0.05, 0.1) is 6.26 Å². The van der Waals surface area contributed by atoms with Gasteiger partial charge in [0, 0.05) is 5.56 Å². The van der Waals surface area contributed by atoms with Crippen LogP contribution in [-0.4, -0.2) is 5.91 Å². The third-order valence-electron chi connectivity index (χ3n) is 3.18. The Balaban J connectivity index is 2.11. The molecule has 1 heterocycles. The largest absolute Gasteiger partial charge is 0.489 e. The summed E-state index contributed by atoms with van der Waals surface area (Å²) >= 11 is 0. The molecule has 0 saturated carbocycles. The van der Waals surface area contributed by atoms with Crippen LogP contribution in [-0.2, 0) is 12.0 Å². The van der Waals surface area contributed by atoms with Crippen LogP contribution >= 0.6 is 0 Å². The number of benzene rings is 1. The molecule has 1 amide bonds. The fourth-order valence-corrected chi connectivity index (χ4v) is 1.93. The van der Waals surface area contributed by atoms with E-state index in [1.54, 1.807) is 6.07 Å². The van der Waals surface area contributed by atoms with Crippen molar-refractivity contribution in [1.29, 1.82) is 0 Å². The summed E-state index contributed by atoms with van der Waals surface area (Å²) < 4.78 is 10.9. The van der Waals surface area contributed by atoms with Gasteiger partial charge in [0.1, 0.15) is 12.4 Å². The van der Waals surface area contributed by atoms with E-state index in [2.05, 4.69) is 26.8 Å². The predicted octanol–water partition coefficient (Wildman–Crippen LogP) is 2.76. The summed E-state index contributed by atoms with van der Waals surface area (Å²) in [5, 5.41) is 0. The molecule has 0 spiro atoms. The average Bonchev–Trinajstić information content (AvgIpc) is 2.92. The van der Waals surface area contributed by atoms with Crippen molar-refractivity contribution in [3.05, 3.63) is 53.5 Å². The van der Waals surface area contributed by atoms with Crippen LogP contribution in [0.2, 0.25) is 0 Å². The molecule has 5 heteroatoms. The van der Waals surface area contributed by atoms with Gasteiger partial charge in [0.15, 0.2) is 5.76 Å². The molecule has 0 radical (unpaired) electrons. The molecule has 2 aromatic rings. The van der Waals surface area contributed by atoms with Crippen LogP contribution in [0.4, 0.5) is 0 Å². The van der Waals surface area contributed by atoms with E-state index in [9.17, 15) is 4.79 Å². The maximum atomic E-state index is 11.5. The summed E-state index contributed by atoms with van der Waals surface area (Å²) in [4.78, 5) is 11.5. The Morgan fingerprint density at radius 3 is 2.76 bits per heavy atom.